The molecular formula is C24H25N3O3. The van der Waals surface area contributed by atoms with Crippen molar-refractivity contribution in [3.05, 3.63) is 65.5 Å². The average molecular weight is 403 g/mol. The van der Waals surface area contributed by atoms with Crippen LogP contribution in [0, 0.1) is 11.8 Å². The summed E-state index contributed by atoms with van der Waals surface area (Å²) in [6, 6.07) is 11.0. The first kappa shape index (κ1) is 20.1. The summed E-state index contributed by atoms with van der Waals surface area (Å²) in [5.41, 5.74) is 2.49. The molecule has 1 N–H and O–H groups in total. The number of pyridine rings is 1. The number of piperazine rings is 1. The highest BCUT2D eigenvalue weighted by atomic mass is 16.3. The van der Waals surface area contributed by atoms with E-state index in [1.807, 2.05) is 24.3 Å². The lowest BCUT2D eigenvalue weighted by Gasteiger charge is -2.58. The van der Waals surface area contributed by atoms with Crippen LogP contribution in [0.2, 0.25) is 0 Å². The topological polar surface area (TPSA) is 73.7 Å². The lowest BCUT2D eigenvalue weighted by molar-refractivity contribution is -0.159. The fourth-order valence-corrected chi connectivity index (χ4v) is 4.40. The molecule has 0 saturated carbocycles. The zero-order chi connectivity index (χ0) is 21.1. The van der Waals surface area contributed by atoms with Crippen LogP contribution in [0.4, 0.5) is 0 Å². The minimum atomic E-state index is -0.254. The van der Waals surface area contributed by atoms with Crippen LogP contribution in [0.15, 0.2) is 48.8 Å². The van der Waals surface area contributed by atoms with Crippen LogP contribution in [-0.4, -0.2) is 63.5 Å². The molecule has 4 rings (SSSR count). The van der Waals surface area contributed by atoms with Crippen molar-refractivity contribution in [2.45, 2.75) is 37.8 Å². The first-order valence-electron chi connectivity index (χ1n) is 10.3. The molecule has 0 unspecified atom stereocenters. The van der Waals surface area contributed by atoms with Crippen molar-refractivity contribution in [3.8, 4) is 11.8 Å². The Balaban J connectivity index is 1.54. The molecule has 3 heterocycles. The predicted molar refractivity (Wildman–Crippen MR) is 113 cm³/mol. The number of unbranched alkanes of at least 4 members (excludes halogenated alkanes) is 1. The minimum absolute atomic E-state index is 0.0129. The van der Waals surface area contributed by atoms with Crippen molar-refractivity contribution in [1.29, 1.82) is 0 Å². The second kappa shape index (κ2) is 8.68. The number of hydrogen-bond acceptors (Lipinski definition) is 4. The Labute approximate surface area is 176 Å². The number of nitrogens with zero attached hydrogens (tertiary/aromatic N) is 3. The summed E-state index contributed by atoms with van der Waals surface area (Å²) in [5, 5.41) is 9.92. The van der Waals surface area contributed by atoms with E-state index in [1.165, 1.54) is 6.20 Å². The average Bonchev–Trinajstić information content (AvgIpc) is 2.76. The summed E-state index contributed by atoms with van der Waals surface area (Å²) in [6.07, 6.45) is 5.04. The Hall–Kier alpha value is -3.17. The molecule has 6 nitrogen and oxygen atoms in total. The van der Waals surface area contributed by atoms with E-state index >= 15 is 0 Å². The van der Waals surface area contributed by atoms with Gasteiger partial charge in [-0.15, -0.1) is 0 Å². The molecule has 6 heteroatoms. The highest BCUT2D eigenvalue weighted by Gasteiger charge is 2.54. The van der Waals surface area contributed by atoms with E-state index < -0.39 is 0 Å². The first-order chi connectivity index (χ1) is 14.6. The third kappa shape index (κ3) is 3.69. The van der Waals surface area contributed by atoms with Crippen LogP contribution in [0.25, 0.3) is 0 Å². The van der Waals surface area contributed by atoms with Crippen molar-refractivity contribution in [2.75, 3.05) is 19.7 Å². The lowest BCUT2D eigenvalue weighted by atomic mass is 9.73. The monoisotopic (exact) mass is 403 g/mol. The molecule has 2 aliphatic heterocycles. The molecule has 30 heavy (non-hydrogen) atoms. The van der Waals surface area contributed by atoms with Gasteiger partial charge in [-0.3, -0.25) is 14.6 Å². The first-order valence-corrected chi connectivity index (χ1v) is 10.3. The van der Waals surface area contributed by atoms with Gasteiger partial charge in [-0.25, -0.2) is 0 Å². The summed E-state index contributed by atoms with van der Waals surface area (Å²) in [7, 11) is 0. The van der Waals surface area contributed by atoms with Gasteiger partial charge in [-0.2, -0.15) is 0 Å². The van der Waals surface area contributed by atoms with E-state index in [9.17, 15) is 14.7 Å². The van der Waals surface area contributed by atoms with Crippen molar-refractivity contribution in [1.82, 2.24) is 14.8 Å². The molecule has 2 fully saturated rings. The van der Waals surface area contributed by atoms with Gasteiger partial charge < -0.3 is 14.9 Å². The number of fused-ring (bicyclic) bond motifs is 1. The molecule has 1 aromatic heterocycles. The van der Waals surface area contributed by atoms with E-state index in [4.69, 9.17) is 0 Å². The zero-order valence-corrected chi connectivity index (χ0v) is 17.0. The number of rotatable bonds is 4. The Morgan fingerprint density at radius 1 is 1.27 bits per heavy atom. The molecule has 154 valence electrons. The normalized spacial score (nSPS) is 22.6. The molecule has 0 radical (unpaired) electrons. The van der Waals surface area contributed by atoms with Crippen molar-refractivity contribution < 1.29 is 14.7 Å². The van der Waals surface area contributed by atoms with E-state index in [0.717, 1.165) is 24.0 Å². The maximum absolute atomic E-state index is 12.8. The molecular weight excluding hydrogens is 378 g/mol. The number of aliphatic hydroxyl groups excluding tert-OH is 1. The van der Waals surface area contributed by atoms with Gasteiger partial charge in [0.15, 0.2) is 0 Å². The number of aromatic nitrogens is 1. The number of amides is 2. The van der Waals surface area contributed by atoms with Crippen LogP contribution >= 0.6 is 0 Å². The van der Waals surface area contributed by atoms with Crippen LogP contribution < -0.4 is 0 Å². The number of carbonyl (C=O) groups is 2. The van der Waals surface area contributed by atoms with Gasteiger partial charge in [0.25, 0.3) is 5.91 Å². The number of carbonyl (C=O) groups excluding carboxylic acids is 2. The zero-order valence-electron chi connectivity index (χ0n) is 17.0. The van der Waals surface area contributed by atoms with Gasteiger partial charge in [0, 0.05) is 36.8 Å². The summed E-state index contributed by atoms with van der Waals surface area (Å²) in [6.45, 7) is 2.47. The standard InChI is InChI=1S/C24H25N3O3/c1-2-3-4-6-17-8-10-18(11-9-17)23-20-14-26(15-22(29)27(20)21(23)16-28)24(30)19-7-5-12-25-13-19/h5,7-13,20-21,23,28H,2-3,14-16H2,1H3/t20-,21-,23-/m1/s1. The van der Waals surface area contributed by atoms with Gasteiger partial charge in [0.2, 0.25) is 5.91 Å². The van der Waals surface area contributed by atoms with Gasteiger partial charge in [0.05, 0.1) is 24.3 Å². The van der Waals surface area contributed by atoms with E-state index in [2.05, 4.69) is 23.7 Å². The van der Waals surface area contributed by atoms with Gasteiger partial charge in [-0.1, -0.05) is 30.9 Å². The SMILES string of the molecule is CCCC#Cc1ccc([C@H]2[C@@H](CO)N3C(=O)CN(C(=O)c4cccnc4)C[C@H]23)cc1. The van der Waals surface area contributed by atoms with Crippen LogP contribution in [0.3, 0.4) is 0 Å². The van der Waals surface area contributed by atoms with Crippen molar-refractivity contribution >= 4 is 11.8 Å². The Kier molecular flexibility index (Phi) is 5.82. The van der Waals surface area contributed by atoms with Crippen molar-refractivity contribution in [3.63, 3.8) is 0 Å². The summed E-state index contributed by atoms with van der Waals surface area (Å²) >= 11 is 0. The van der Waals surface area contributed by atoms with E-state index in [0.29, 0.717) is 12.1 Å². The predicted octanol–water partition coefficient (Wildman–Crippen LogP) is 2.04. The number of hydrogen-bond donors (Lipinski definition) is 1. The molecule has 2 saturated heterocycles. The molecule has 2 aromatic rings. The molecule has 2 amide bonds. The third-order valence-electron chi connectivity index (χ3n) is 5.85. The van der Waals surface area contributed by atoms with Gasteiger partial charge in [-0.05, 0) is 36.2 Å². The van der Waals surface area contributed by atoms with E-state index in [1.54, 1.807) is 28.1 Å². The maximum Gasteiger partial charge on any atom is 0.255 e. The van der Waals surface area contributed by atoms with Crippen LogP contribution in [0.5, 0.6) is 0 Å². The Morgan fingerprint density at radius 2 is 2.07 bits per heavy atom. The third-order valence-corrected chi connectivity index (χ3v) is 5.85. The summed E-state index contributed by atoms with van der Waals surface area (Å²) in [4.78, 5) is 32.9. The fourth-order valence-electron chi connectivity index (χ4n) is 4.40. The Bertz CT molecular complexity index is 978. The second-order valence-corrected chi connectivity index (χ2v) is 7.75. The van der Waals surface area contributed by atoms with Gasteiger partial charge in [0.1, 0.15) is 6.54 Å². The van der Waals surface area contributed by atoms with Crippen LogP contribution in [-0.2, 0) is 4.79 Å². The number of aliphatic hydroxyl groups is 1. The number of benzene rings is 1. The maximum atomic E-state index is 12.8. The highest BCUT2D eigenvalue weighted by molar-refractivity contribution is 5.97. The Morgan fingerprint density at radius 3 is 2.73 bits per heavy atom. The fraction of sp³-hybridized carbons (Fsp3) is 0.375. The lowest BCUT2D eigenvalue weighted by Crippen LogP contribution is -2.73. The summed E-state index contributed by atoms with van der Waals surface area (Å²) in [5.74, 6) is 5.97. The molecule has 0 aliphatic carbocycles. The molecule has 0 bridgehead atoms. The molecule has 3 atom stereocenters. The second-order valence-electron chi connectivity index (χ2n) is 7.75. The quantitative estimate of drug-likeness (QED) is 0.793. The largest absolute Gasteiger partial charge is 0.394 e. The van der Waals surface area contributed by atoms with E-state index in [-0.39, 0.29) is 43.0 Å². The smallest absolute Gasteiger partial charge is 0.255 e. The molecule has 2 aliphatic rings. The molecule has 1 aromatic carbocycles. The van der Waals surface area contributed by atoms with Gasteiger partial charge >= 0.3 is 0 Å². The summed E-state index contributed by atoms with van der Waals surface area (Å²) < 4.78 is 0. The highest BCUT2D eigenvalue weighted by Crippen LogP contribution is 2.43. The van der Waals surface area contributed by atoms with Crippen LogP contribution in [0.1, 0.15) is 47.2 Å². The van der Waals surface area contributed by atoms with Crippen molar-refractivity contribution in [2.24, 2.45) is 0 Å². The minimum Gasteiger partial charge on any atom is -0.394 e. The molecule has 0 spiro atoms.